The molecule has 0 amide bonds. The van der Waals surface area contributed by atoms with Gasteiger partial charge in [-0.2, -0.15) is 0 Å². The van der Waals surface area contributed by atoms with Crippen molar-refractivity contribution in [2.75, 3.05) is 14.2 Å². The maximum Gasteiger partial charge on any atom is 0.257 e. The predicted octanol–water partition coefficient (Wildman–Crippen LogP) is 2.13. The van der Waals surface area contributed by atoms with Gasteiger partial charge >= 0.3 is 0 Å². The fourth-order valence-electron chi connectivity index (χ4n) is 0.928. The molecule has 16 heavy (non-hydrogen) atoms. The minimum absolute atomic E-state index is 0.606. The van der Waals surface area contributed by atoms with Gasteiger partial charge in [0.25, 0.3) is 10.0 Å². The van der Waals surface area contributed by atoms with Crippen LogP contribution in [-0.4, -0.2) is 27.0 Å². The summed E-state index contributed by atoms with van der Waals surface area (Å²) < 4.78 is 23.8. The molecule has 0 saturated carbocycles. The standard InChI is InChI=1S/C10H12ClNO3S/c1-12(15-2)16(13,14)8-7-9-3-5-10(11)6-4-9/h3-8H,1-2H3/b8-7+. The van der Waals surface area contributed by atoms with Crippen LogP contribution < -0.4 is 0 Å². The van der Waals surface area contributed by atoms with E-state index in [4.69, 9.17) is 11.6 Å². The SMILES string of the molecule is CON(C)S(=O)(=O)/C=C/c1ccc(Cl)cc1. The van der Waals surface area contributed by atoms with Crippen LogP contribution in [0.15, 0.2) is 29.7 Å². The molecule has 0 radical (unpaired) electrons. The van der Waals surface area contributed by atoms with Crippen molar-refractivity contribution in [2.45, 2.75) is 0 Å². The van der Waals surface area contributed by atoms with E-state index in [0.29, 0.717) is 5.02 Å². The lowest BCUT2D eigenvalue weighted by molar-refractivity contribution is -0.0245. The highest BCUT2D eigenvalue weighted by atomic mass is 35.5. The second-order valence-corrected chi connectivity index (χ2v) is 5.24. The van der Waals surface area contributed by atoms with Crippen LogP contribution in [0.3, 0.4) is 0 Å². The van der Waals surface area contributed by atoms with Gasteiger partial charge in [-0.15, -0.1) is 0 Å². The molecule has 0 saturated heterocycles. The van der Waals surface area contributed by atoms with Crippen LogP contribution in [0.4, 0.5) is 0 Å². The summed E-state index contributed by atoms with van der Waals surface area (Å²) in [5, 5.41) is 1.67. The summed E-state index contributed by atoms with van der Waals surface area (Å²) in [4.78, 5) is 4.60. The van der Waals surface area contributed by atoms with Gasteiger partial charge in [-0.3, -0.25) is 4.84 Å². The number of sulfonamides is 1. The number of benzene rings is 1. The second kappa shape index (κ2) is 5.45. The molecule has 1 aromatic carbocycles. The quantitative estimate of drug-likeness (QED) is 0.780. The minimum Gasteiger partial charge on any atom is -0.288 e. The van der Waals surface area contributed by atoms with Crippen molar-refractivity contribution in [3.8, 4) is 0 Å². The average Bonchev–Trinajstić information content (AvgIpc) is 2.27. The van der Waals surface area contributed by atoms with Crippen LogP contribution in [-0.2, 0) is 14.9 Å². The summed E-state index contributed by atoms with van der Waals surface area (Å²) in [6.45, 7) is 0. The molecule has 6 heteroatoms. The van der Waals surface area contributed by atoms with E-state index < -0.39 is 10.0 Å². The lowest BCUT2D eigenvalue weighted by Crippen LogP contribution is -2.23. The van der Waals surface area contributed by atoms with Gasteiger partial charge in [0.1, 0.15) is 0 Å². The second-order valence-electron chi connectivity index (χ2n) is 2.99. The van der Waals surface area contributed by atoms with Crippen molar-refractivity contribution in [1.29, 1.82) is 0 Å². The Balaban J connectivity index is 2.85. The number of rotatable bonds is 4. The number of hydrogen-bond donors (Lipinski definition) is 0. The highest BCUT2D eigenvalue weighted by Gasteiger charge is 2.12. The Morgan fingerprint density at radius 3 is 2.38 bits per heavy atom. The van der Waals surface area contributed by atoms with E-state index in [1.165, 1.54) is 20.2 Å². The molecule has 0 atom stereocenters. The fourth-order valence-corrected chi connectivity index (χ4v) is 1.76. The molecule has 0 aliphatic carbocycles. The Labute approximate surface area is 100 Å². The zero-order chi connectivity index (χ0) is 12.2. The third-order valence-electron chi connectivity index (χ3n) is 1.92. The zero-order valence-corrected chi connectivity index (χ0v) is 10.5. The summed E-state index contributed by atoms with van der Waals surface area (Å²) in [6, 6.07) is 6.82. The van der Waals surface area contributed by atoms with E-state index in [1.54, 1.807) is 24.3 Å². The monoisotopic (exact) mass is 261 g/mol. The number of halogens is 1. The molecule has 88 valence electrons. The average molecular weight is 262 g/mol. The fraction of sp³-hybridized carbons (Fsp3) is 0.200. The molecule has 0 unspecified atom stereocenters. The molecule has 4 nitrogen and oxygen atoms in total. The molecule has 0 heterocycles. The number of hydrogen-bond acceptors (Lipinski definition) is 3. The Bertz CT molecular complexity index is 467. The van der Waals surface area contributed by atoms with Gasteiger partial charge in [-0.05, 0) is 23.8 Å². The normalized spacial score (nSPS) is 12.5. The van der Waals surface area contributed by atoms with Crippen molar-refractivity contribution in [2.24, 2.45) is 0 Å². The number of hydroxylamine groups is 1. The van der Waals surface area contributed by atoms with Crippen LogP contribution in [0.25, 0.3) is 6.08 Å². The van der Waals surface area contributed by atoms with E-state index in [0.717, 1.165) is 15.4 Å². The maximum absolute atomic E-state index is 11.5. The Hall–Kier alpha value is -0.880. The molecule has 1 rings (SSSR count). The summed E-state index contributed by atoms with van der Waals surface area (Å²) >= 11 is 5.70. The van der Waals surface area contributed by atoms with Gasteiger partial charge < -0.3 is 0 Å². The van der Waals surface area contributed by atoms with Gasteiger partial charge in [-0.25, -0.2) is 8.42 Å². The summed E-state index contributed by atoms with van der Waals surface area (Å²) in [5.74, 6) is 0. The summed E-state index contributed by atoms with van der Waals surface area (Å²) in [6.07, 6.45) is 1.47. The molecular formula is C10H12ClNO3S. The highest BCUT2D eigenvalue weighted by molar-refractivity contribution is 7.92. The van der Waals surface area contributed by atoms with Crippen LogP contribution in [0.1, 0.15) is 5.56 Å². The van der Waals surface area contributed by atoms with E-state index in [9.17, 15) is 8.42 Å². The van der Waals surface area contributed by atoms with Crippen molar-refractivity contribution in [3.05, 3.63) is 40.3 Å². The van der Waals surface area contributed by atoms with Crippen molar-refractivity contribution < 1.29 is 13.3 Å². The first-order chi connectivity index (χ1) is 7.45. The molecular weight excluding hydrogens is 250 g/mol. The third-order valence-corrected chi connectivity index (χ3v) is 3.52. The topological polar surface area (TPSA) is 46.6 Å². The van der Waals surface area contributed by atoms with Crippen LogP contribution >= 0.6 is 11.6 Å². The van der Waals surface area contributed by atoms with E-state index in [1.807, 2.05) is 0 Å². The van der Waals surface area contributed by atoms with E-state index in [-0.39, 0.29) is 0 Å². The van der Waals surface area contributed by atoms with E-state index >= 15 is 0 Å². The van der Waals surface area contributed by atoms with Crippen LogP contribution in [0.5, 0.6) is 0 Å². The van der Waals surface area contributed by atoms with Crippen LogP contribution in [0, 0.1) is 0 Å². The lowest BCUT2D eigenvalue weighted by atomic mass is 10.2. The molecule has 0 fully saturated rings. The van der Waals surface area contributed by atoms with Crippen molar-refractivity contribution in [3.63, 3.8) is 0 Å². The first-order valence-corrected chi connectivity index (χ1v) is 6.30. The molecule has 0 bridgehead atoms. The third kappa shape index (κ3) is 3.61. The van der Waals surface area contributed by atoms with E-state index in [2.05, 4.69) is 4.84 Å². The largest absolute Gasteiger partial charge is 0.288 e. The maximum atomic E-state index is 11.5. The first-order valence-electron chi connectivity index (χ1n) is 4.42. The van der Waals surface area contributed by atoms with Gasteiger partial charge in [0.2, 0.25) is 0 Å². The molecule has 1 aromatic rings. The van der Waals surface area contributed by atoms with Crippen LogP contribution in [0.2, 0.25) is 5.02 Å². The zero-order valence-electron chi connectivity index (χ0n) is 8.92. The number of nitrogens with zero attached hydrogens (tertiary/aromatic N) is 1. The van der Waals surface area contributed by atoms with Crippen molar-refractivity contribution >= 4 is 27.7 Å². The van der Waals surface area contributed by atoms with Gasteiger partial charge in [0, 0.05) is 17.5 Å². The molecule has 0 aliphatic rings. The van der Waals surface area contributed by atoms with Crippen molar-refractivity contribution in [1.82, 2.24) is 4.47 Å². The Morgan fingerprint density at radius 1 is 1.31 bits per heavy atom. The lowest BCUT2D eigenvalue weighted by Gasteiger charge is -2.10. The highest BCUT2D eigenvalue weighted by Crippen LogP contribution is 2.11. The summed E-state index contributed by atoms with van der Waals surface area (Å²) in [7, 11) is -0.915. The molecule has 0 aromatic heterocycles. The smallest absolute Gasteiger partial charge is 0.257 e. The van der Waals surface area contributed by atoms with Gasteiger partial charge in [0.15, 0.2) is 0 Å². The summed E-state index contributed by atoms with van der Waals surface area (Å²) in [5.41, 5.74) is 0.748. The van der Waals surface area contributed by atoms with Gasteiger partial charge in [-0.1, -0.05) is 28.2 Å². The minimum atomic E-state index is -3.52. The Morgan fingerprint density at radius 2 is 1.88 bits per heavy atom. The molecule has 0 N–H and O–H groups in total. The molecule has 0 spiro atoms. The predicted molar refractivity (Wildman–Crippen MR) is 64.2 cm³/mol. The van der Waals surface area contributed by atoms with Gasteiger partial charge in [0.05, 0.1) is 7.11 Å². The molecule has 0 aliphatic heterocycles. The first kappa shape index (κ1) is 13.2. The Kier molecular flexibility index (Phi) is 4.49.